The van der Waals surface area contributed by atoms with E-state index in [2.05, 4.69) is 30.4 Å². The fourth-order valence-corrected chi connectivity index (χ4v) is 4.27. The molecule has 2 N–H and O–H groups in total. The predicted octanol–water partition coefficient (Wildman–Crippen LogP) is 0.571. The van der Waals surface area contributed by atoms with Gasteiger partial charge in [-0.3, -0.25) is 19.3 Å². The van der Waals surface area contributed by atoms with Crippen molar-refractivity contribution in [2.24, 2.45) is 0 Å². The number of aryl methyl sites for hydroxylation is 2. The topological polar surface area (TPSA) is 111 Å². The van der Waals surface area contributed by atoms with Gasteiger partial charge in [-0.1, -0.05) is 6.07 Å². The number of hydrogen-bond donors (Lipinski definition) is 2. The van der Waals surface area contributed by atoms with E-state index >= 15 is 0 Å². The number of nitrogens with zero attached hydrogens (tertiary/aromatic N) is 5. The first-order valence-electron chi connectivity index (χ1n) is 11.6. The maximum absolute atomic E-state index is 13.1. The Balaban J connectivity index is 1.33. The van der Waals surface area contributed by atoms with Crippen LogP contribution in [-0.4, -0.2) is 89.3 Å². The molecule has 2 aliphatic heterocycles. The fourth-order valence-electron chi connectivity index (χ4n) is 4.27. The van der Waals surface area contributed by atoms with Crippen LogP contribution in [0.1, 0.15) is 17.5 Å². The van der Waals surface area contributed by atoms with Crippen LogP contribution in [-0.2, 0) is 14.4 Å². The van der Waals surface area contributed by atoms with Crippen LogP contribution in [0, 0.1) is 13.8 Å². The predicted molar refractivity (Wildman–Crippen MR) is 128 cm³/mol. The zero-order chi connectivity index (χ0) is 24.1. The maximum atomic E-state index is 13.1. The van der Waals surface area contributed by atoms with Gasteiger partial charge in [0.1, 0.15) is 6.04 Å². The van der Waals surface area contributed by atoms with Crippen molar-refractivity contribution in [1.82, 2.24) is 25.1 Å². The number of amides is 3. The SMILES string of the molecule is Cc1ccc(NC(=O)C[C@@H]2C(=O)NCCN2C(=O)CN2CCN(c3ncccn3)CC2)cc1C. The molecule has 2 fully saturated rings. The van der Waals surface area contributed by atoms with Crippen LogP contribution < -0.4 is 15.5 Å². The third-order valence-corrected chi connectivity index (χ3v) is 6.39. The number of benzene rings is 1. The second kappa shape index (κ2) is 10.6. The lowest BCUT2D eigenvalue weighted by Crippen LogP contribution is -2.60. The highest BCUT2D eigenvalue weighted by molar-refractivity contribution is 5.97. The molecule has 2 saturated heterocycles. The molecule has 4 rings (SSSR count). The molecule has 3 heterocycles. The Morgan fingerprint density at radius 1 is 1.06 bits per heavy atom. The first-order chi connectivity index (χ1) is 16.4. The van der Waals surface area contributed by atoms with E-state index in [1.54, 1.807) is 23.4 Å². The largest absolute Gasteiger partial charge is 0.353 e. The summed E-state index contributed by atoms with van der Waals surface area (Å²) in [6, 6.07) is 6.65. The highest BCUT2D eigenvalue weighted by Gasteiger charge is 2.35. The lowest BCUT2D eigenvalue weighted by molar-refractivity contribution is -0.145. The van der Waals surface area contributed by atoms with E-state index < -0.39 is 6.04 Å². The molecule has 0 unspecified atom stereocenters. The molecule has 0 bridgehead atoms. The van der Waals surface area contributed by atoms with E-state index in [0.29, 0.717) is 37.8 Å². The van der Waals surface area contributed by atoms with Crippen LogP contribution in [0.4, 0.5) is 11.6 Å². The summed E-state index contributed by atoms with van der Waals surface area (Å²) in [6.45, 7) is 7.82. The summed E-state index contributed by atoms with van der Waals surface area (Å²) in [7, 11) is 0. The fraction of sp³-hybridized carbons (Fsp3) is 0.458. The molecule has 0 aliphatic carbocycles. The van der Waals surface area contributed by atoms with E-state index in [9.17, 15) is 14.4 Å². The Morgan fingerprint density at radius 3 is 2.50 bits per heavy atom. The number of carbonyl (C=O) groups is 3. The Kier molecular flexibility index (Phi) is 7.36. The molecular weight excluding hydrogens is 434 g/mol. The quantitative estimate of drug-likeness (QED) is 0.642. The van der Waals surface area contributed by atoms with Crippen molar-refractivity contribution in [1.29, 1.82) is 0 Å². The molecule has 1 aromatic carbocycles. The number of rotatable bonds is 6. The van der Waals surface area contributed by atoms with Crippen molar-refractivity contribution in [3.05, 3.63) is 47.8 Å². The summed E-state index contributed by atoms with van der Waals surface area (Å²) in [5, 5.41) is 5.64. The van der Waals surface area contributed by atoms with Gasteiger partial charge in [0, 0.05) is 57.3 Å². The molecule has 0 saturated carbocycles. The summed E-state index contributed by atoms with van der Waals surface area (Å²) in [6.07, 6.45) is 3.36. The third kappa shape index (κ3) is 5.69. The van der Waals surface area contributed by atoms with Gasteiger partial charge < -0.3 is 20.4 Å². The third-order valence-electron chi connectivity index (χ3n) is 6.39. The van der Waals surface area contributed by atoms with Gasteiger partial charge in [-0.15, -0.1) is 0 Å². The van der Waals surface area contributed by atoms with E-state index in [4.69, 9.17) is 0 Å². The highest BCUT2D eigenvalue weighted by Crippen LogP contribution is 2.17. The van der Waals surface area contributed by atoms with Crippen molar-refractivity contribution in [2.75, 3.05) is 56.0 Å². The number of anilines is 2. The normalized spacial score (nSPS) is 19.0. The van der Waals surface area contributed by atoms with E-state index in [0.717, 1.165) is 24.2 Å². The summed E-state index contributed by atoms with van der Waals surface area (Å²) >= 11 is 0. The lowest BCUT2D eigenvalue weighted by Gasteiger charge is -2.38. The standard InChI is InChI=1S/C24H31N7O3/c1-17-4-5-19(14-18(17)2)28-21(32)15-20-23(34)25-8-9-31(20)22(33)16-29-10-12-30(13-11-29)24-26-6-3-7-27-24/h3-7,14,20H,8-13,15-16H2,1-2H3,(H,25,34)(H,28,32)/t20-/m1/s1. The molecule has 0 spiro atoms. The molecule has 2 aliphatic rings. The number of nitrogens with one attached hydrogen (secondary N) is 2. The van der Waals surface area contributed by atoms with Crippen molar-refractivity contribution >= 4 is 29.4 Å². The monoisotopic (exact) mass is 465 g/mol. The second-order valence-electron chi connectivity index (χ2n) is 8.76. The van der Waals surface area contributed by atoms with Gasteiger partial charge in [0.05, 0.1) is 13.0 Å². The molecule has 180 valence electrons. The molecule has 1 atom stereocenters. The lowest BCUT2D eigenvalue weighted by atomic mass is 10.1. The zero-order valence-corrected chi connectivity index (χ0v) is 19.7. The number of carbonyl (C=O) groups excluding carboxylic acids is 3. The van der Waals surface area contributed by atoms with Gasteiger partial charge in [0.2, 0.25) is 23.7 Å². The van der Waals surface area contributed by atoms with Crippen LogP contribution in [0.3, 0.4) is 0 Å². The van der Waals surface area contributed by atoms with Gasteiger partial charge in [0.15, 0.2) is 0 Å². The minimum absolute atomic E-state index is 0.0797. The van der Waals surface area contributed by atoms with Crippen LogP contribution in [0.15, 0.2) is 36.7 Å². The summed E-state index contributed by atoms with van der Waals surface area (Å²) in [5.74, 6) is -0.0280. The van der Waals surface area contributed by atoms with Crippen molar-refractivity contribution < 1.29 is 14.4 Å². The van der Waals surface area contributed by atoms with Crippen molar-refractivity contribution in [3.63, 3.8) is 0 Å². The Morgan fingerprint density at radius 2 is 1.79 bits per heavy atom. The van der Waals surface area contributed by atoms with Gasteiger partial charge in [-0.05, 0) is 43.2 Å². The summed E-state index contributed by atoms with van der Waals surface area (Å²) < 4.78 is 0. The maximum Gasteiger partial charge on any atom is 0.243 e. The molecule has 10 heteroatoms. The van der Waals surface area contributed by atoms with E-state index in [1.165, 1.54) is 0 Å². The smallest absolute Gasteiger partial charge is 0.243 e. The van der Waals surface area contributed by atoms with Gasteiger partial charge >= 0.3 is 0 Å². The molecular formula is C24H31N7O3. The van der Waals surface area contributed by atoms with Crippen LogP contribution in [0.2, 0.25) is 0 Å². The molecule has 10 nitrogen and oxygen atoms in total. The molecule has 34 heavy (non-hydrogen) atoms. The zero-order valence-electron chi connectivity index (χ0n) is 19.7. The number of hydrogen-bond acceptors (Lipinski definition) is 7. The van der Waals surface area contributed by atoms with E-state index in [-0.39, 0.29) is 30.7 Å². The Bertz CT molecular complexity index is 1040. The Labute approximate surface area is 199 Å². The first-order valence-corrected chi connectivity index (χ1v) is 11.6. The number of aromatic nitrogens is 2. The molecule has 1 aromatic heterocycles. The highest BCUT2D eigenvalue weighted by atomic mass is 16.2. The molecule has 3 amide bonds. The number of piperazine rings is 2. The minimum atomic E-state index is -0.813. The van der Waals surface area contributed by atoms with Gasteiger partial charge in [-0.2, -0.15) is 0 Å². The second-order valence-corrected chi connectivity index (χ2v) is 8.76. The van der Waals surface area contributed by atoms with Crippen molar-refractivity contribution in [2.45, 2.75) is 26.3 Å². The average molecular weight is 466 g/mol. The summed E-state index contributed by atoms with van der Waals surface area (Å²) in [4.78, 5) is 52.7. The van der Waals surface area contributed by atoms with Crippen molar-refractivity contribution in [3.8, 4) is 0 Å². The molecule has 2 aromatic rings. The Hall–Kier alpha value is -3.53. The average Bonchev–Trinajstić information content (AvgIpc) is 2.83. The first kappa shape index (κ1) is 23.6. The van der Waals surface area contributed by atoms with Crippen LogP contribution in [0.5, 0.6) is 0 Å². The van der Waals surface area contributed by atoms with Gasteiger partial charge in [0.25, 0.3) is 0 Å². The molecule has 0 radical (unpaired) electrons. The van der Waals surface area contributed by atoms with Crippen LogP contribution in [0.25, 0.3) is 0 Å². The van der Waals surface area contributed by atoms with Gasteiger partial charge in [-0.25, -0.2) is 9.97 Å². The van der Waals surface area contributed by atoms with Crippen LogP contribution >= 0.6 is 0 Å². The van der Waals surface area contributed by atoms with E-state index in [1.807, 2.05) is 32.0 Å². The minimum Gasteiger partial charge on any atom is -0.353 e. The summed E-state index contributed by atoms with van der Waals surface area (Å²) in [5.41, 5.74) is 2.89.